The molecular formula is C13H14N2O5. The fraction of sp³-hybridized carbons (Fsp3) is 0.308. The van der Waals surface area contributed by atoms with Crippen LogP contribution in [0.25, 0.3) is 0 Å². The zero-order valence-electron chi connectivity index (χ0n) is 10.5. The highest BCUT2D eigenvalue weighted by molar-refractivity contribution is 5.96. The average Bonchev–Trinajstić information content (AvgIpc) is 2.89. The van der Waals surface area contributed by atoms with Gasteiger partial charge in [0.1, 0.15) is 6.10 Å². The van der Waals surface area contributed by atoms with E-state index in [2.05, 4.69) is 5.32 Å². The van der Waals surface area contributed by atoms with E-state index in [1.807, 2.05) is 0 Å². The molecule has 2 rings (SSSR count). The van der Waals surface area contributed by atoms with Gasteiger partial charge in [0.25, 0.3) is 5.91 Å². The standard InChI is InChI=1S/C13H14N2O5/c14-11(16)7-1-3-8(4-2-7)15-12(17)9-5-6-10(20-9)13(18)19/h1-4,9-10H,5-6H2,(H2,14,16)(H,15,17)(H,18,19)/t9-,10+/m1/s1. The summed E-state index contributed by atoms with van der Waals surface area (Å²) in [6.45, 7) is 0. The third-order valence-corrected chi connectivity index (χ3v) is 3.02. The Morgan fingerprint density at radius 1 is 1.15 bits per heavy atom. The van der Waals surface area contributed by atoms with E-state index in [4.69, 9.17) is 15.6 Å². The number of rotatable bonds is 4. The van der Waals surface area contributed by atoms with Crippen LogP contribution in [0.15, 0.2) is 24.3 Å². The molecule has 1 saturated heterocycles. The van der Waals surface area contributed by atoms with Crippen molar-refractivity contribution in [2.24, 2.45) is 5.73 Å². The normalized spacial score (nSPS) is 21.4. The lowest BCUT2D eigenvalue weighted by Gasteiger charge is -2.11. The number of amides is 2. The first-order valence-corrected chi connectivity index (χ1v) is 6.06. The van der Waals surface area contributed by atoms with Gasteiger partial charge in [0.15, 0.2) is 6.10 Å². The maximum atomic E-state index is 11.9. The number of nitrogens with one attached hydrogen (secondary N) is 1. The fourth-order valence-corrected chi connectivity index (χ4v) is 1.95. The molecule has 4 N–H and O–H groups in total. The van der Waals surface area contributed by atoms with Gasteiger partial charge in [-0.1, -0.05) is 0 Å². The first kappa shape index (κ1) is 14.0. The largest absolute Gasteiger partial charge is 0.479 e. The number of carboxylic acids is 1. The van der Waals surface area contributed by atoms with Crippen molar-refractivity contribution in [2.45, 2.75) is 25.0 Å². The van der Waals surface area contributed by atoms with Gasteiger partial charge < -0.3 is 20.9 Å². The Morgan fingerprint density at radius 2 is 1.75 bits per heavy atom. The van der Waals surface area contributed by atoms with Crippen molar-refractivity contribution in [1.29, 1.82) is 0 Å². The Bertz CT molecular complexity index is 540. The first-order chi connectivity index (χ1) is 9.47. The minimum Gasteiger partial charge on any atom is -0.479 e. The van der Waals surface area contributed by atoms with Crippen molar-refractivity contribution < 1.29 is 24.2 Å². The zero-order chi connectivity index (χ0) is 14.7. The molecule has 7 heteroatoms. The number of carbonyl (C=O) groups excluding carboxylic acids is 2. The van der Waals surface area contributed by atoms with E-state index in [0.29, 0.717) is 24.1 Å². The summed E-state index contributed by atoms with van der Waals surface area (Å²) in [5.41, 5.74) is 5.93. The van der Waals surface area contributed by atoms with Crippen LogP contribution in [-0.4, -0.2) is 35.1 Å². The topological polar surface area (TPSA) is 119 Å². The van der Waals surface area contributed by atoms with E-state index in [-0.39, 0.29) is 0 Å². The summed E-state index contributed by atoms with van der Waals surface area (Å²) >= 11 is 0. The summed E-state index contributed by atoms with van der Waals surface area (Å²) in [6.07, 6.45) is -1.02. The second kappa shape index (κ2) is 5.70. The van der Waals surface area contributed by atoms with Gasteiger partial charge in [-0.2, -0.15) is 0 Å². The van der Waals surface area contributed by atoms with Gasteiger partial charge in [0, 0.05) is 11.3 Å². The van der Waals surface area contributed by atoms with E-state index >= 15 is 0 Å². The SMILES string of the molecule is NC(=O)c1ccc(NC(=O)[C@H]2CC[C@@H](C(=O)O)O2)cc1. The van der Waals surface area contributed by atoms with Crippen molar-refractivity contribution in [1.82, 2.24) is 0 Å². The lowest BCUT2D eigenvalue weighted by molar-refractivity contribution is -0.150. The molecule has 0 radical (unpaired) electrons. The molecule has 0 unspecified atom stereocenters. The summed E-state index contributed by atoms with van der Waals surface area (Å²) in [6, 6.07) is 6.07. The third kappa shape index (κ3) is 3.12. The molecule has 0 aliphatic carbocycles. The zero-order valence-corrected chi connectivity index (χ0v) is 10.5. The molecule has 1 fully saturated rings. The average molecular weight is 278 g/mol. The van der Waals surface area contributed by atoms with E-state index in [9.17, 15) is 14.4 Å². The molecule has 1 aliphatic rings. The number of hydrogen-bond donors (Lipinski definition) is 3. The summed E-state index contributed by atoms with van der Waals surface area (Å²) in [5, 5.41) is 11.4. The summed E-state index contributed by atoms with van der Waals surface area (Å²) < 4.78 is 5.13. The molecule has 1 aromatic carbocycles. The number of aliphatic carboxylic acids is 1. The lowest BCUT2D eigenvalue weighted by atomic mass is 10.1. The highest BCUT2D eigenvalue weighted by atomic mass is 16.5. The predicted octanol–water partition coefficient (Wildman–Crippen LogP) is 0.356. The minimum absolute atomic E-state index is 0.314. The molecule has 0 bridgehead atoms. The Labute approximate surface area is 114 Å². The van der Waals surface area contributed by atoms with Gasteiger partial charge >= 0.3 is 5.97 Å². The number of benzene rings is 1. The van der Waals surface area contributed by atoms with Crippen molar-refractivity contribution in [2.75, 3.05) is 5.32 Å². The van der Waals surface area contributed by atoms with Crippen molar-refractivity contribution in [3.8, 4) is 0 Å². The second-order valence-corrected chi connectivity index (χ2v) is 4.46. The minimum atomic E-state index is -1.06. The highest BCUT2D eigenvalue weighted by Crippen LogP contribution is 2.21. The van der Waals surface area contributed by atoms with Gasteiger partial charge in [0.2, 0.25) is 5.91 Å². The number of nitrogens with two attached hydrogens (primary N) is 1. The first-order valence-electron chi connectivity index (χ1n) is 6.06. The summed E-state index contributed by atoms with van der Waals surface area (Å²) in [4.78, 5) is 33.5. The van der Waals surface area contributed by atoms with Crippen LogP contribution in [0.2, 0.25) is 0 Å². The maximum absolute atomic E-state index is 11.9. The van der Waals surface area contributed by atoms with E-state index in [1.165, 1.54) is 12.1 Å². The number of anilines is 1. The predicted molar refractivity (Wildman–Crippen MR) is 69.1 cm³/mol. The molecule has 1 heterocycles. The van der Waals surface area contributed by atoms with Gasteiger partial charge in [-0.3, -0.25) is 9.59 Å². The van der Waals surface area contributed by atoms with Gasteiger partial charge in [0.05, 0.1) is 0 Å². The van der Waals surface area contributed by atoms with Crippen molar-refractivity contribution in [3.63, 3.8) is 0 Å². The van der Waals surface area contributed by atoms with Gasteiger partial charge in [-0.25, -0.2) is 4.79 Å². The maximum Gasteiger partial charge on any atom is 0.332 e. The summed E-state index contributed by atoms with van der Waals surface area (Å²) in [5.74, 6) is -2.02. The van der Waals surface area contributed by atoms with Crippen LogP contribution in [0, 0.1) is 0 Å². The van der Waals surface area contributed by atoms with Crippen LogP contribution >= 0.6 is 0 Å². The van der Waals surface area contributed by atoms with Crippen LogP contribution in [0.4, 0.5) is 5.69 Å². The highest BCUT2D eigenvalue weighted by Gasteiger charge is 2.34. The van der Waals surface area contributed by atoms with Gasteiger partial charge in [-0.05, 0) is 37.1 Å². The molecule has 1 aliphatic heterocycles. The van der Waals surface area contributed by atoms with Crippen molar-refractivity contribution in [3.05, 3.63) is 29.8 Å². The number of ether oxygens (including phenoxy) is 1. The molecule has 0 aromatic heterocycles. The Kier molecular flexibility index (Phi) is 3.99. The van der Waals surface area contributed by atoms with E-state index in [1.54, 1.807) is 12.1 Å². The number of carboxylic acid groups (broad SMARTS) is 1. The number of hydrogen-bond acceptors (Lipinski definition) is 4. The molecule has 106 valence electrons. The monoisotopic (exact) mass is 278 g/mol. The van der Waals surface area contributed by atoms with Crippen molar-refractivity contribution >= 4 is 23.5 Å². The molecule has 7 nitrogen and oxygen atoms in total. The second-order valence-electron chi connectivity index (χ2n) is 4.46. The Balaban J connectivity index is 1.95. The van der Waals surface area contributed by atoms with Crippen LogP contribution in [0.5, 0.6) is 0 Å². The van der Waals surface area contributed by atoms with Crippen LogP contribution in [-0.2, 0) is 14.3 Å². The fourth-order valence-electron chi connectivity index (χ4n) is 1.95. The molecular weight excluding hydrogens is 264 g/mol. The molecule has 20 heavy (non-hydrogen) atoms. The molecule has 1 aromatic rings. The van der Waals surface area contributed by atoms with Crippen LogP contribution < -0.4 is 11.1 Å². The smallest absolute Gasteiger partial charge is 0.332 e. The molecule has 0 saturated carbocycles. The molecule has 2 atom stereocenters. The van der Waals surface area contributed by atoms with Gasteiger partial charge in [-0.15, -0.1) is 0 Å². The van der Waals surface area contributed by atoms with Crippen LogP contribution in [0.1, 0.15) is 23.2 Å². The molecule has 0 spiro atoms. The quantitative estimate of drug-likeness (QED) is 0.734. The van der Waals surface area contributed by atoms with E-state index in [0.717, 1.165) is 0 Å². The van der Waals surface area contributed by atoms with Crippen LogP contribution in [0.3, 0.4) is 0 Å². The lowest BCUT2D eigenvalue weighted by Crippen LogP contribution is -2.29. The Morgan fingerprint density at radius 3 is 2.25 bits per heavy atom. The number of primary amides is 1. The third-order valence-electron chi connectivity index (χ3n) is 3.02. The summed E-state index contributed by atoms with van der Waals surface area (Å²) in [7, 11) is 0. The Hall–Kier alpha value is -2.41. The number of carbonyl (C=O) groups is 3. The van der Waals surface area contributed by atoms with E-state index < -0.39 is 30.0 Å². The molecule has 2 amide bonds.